The van der Waals surface area contributed by atoms with Crippen LogP contribution < -0.4 is 30.6 Å². The number of fused-ring (bicyclic) bond motifs is 1. The van der Waals surface area contributed by atoms with Crippen molar-refractivity contribution in [2.45, 2.75) is 59.2 Å². The van der Waals surface area contributed by atoms with Gasteiger partial charge in [0, 0.05) is 31.5 Å². The largest absolute Gasteiger partial charge is 0.493 e. The Hall–Kier alpha value is -4.46. The highest BCUT2D eigenvalue weighted by Crippen LogP contribution is 2.44. The van der Waals surface area contributed by atoms with Gasteiger partial charge in [-0.05, 0) is 55.6 Å². The van der Waals surface area contributed by atoms with Crippen molar-refractivity contribution in [3.63, 3.8) is 0 Å². The Balaban J connectivity index is 0.00000213. The lowest BCUT2D eigenvalue weighted by atomic mass is 9.96. The summed E-state index contributed by atoms with van der Waals surface area (Å²) in [4.78, 5) is 13.0. The fourth-order valence-corrected chi connectivity index (χ4v) is 5.55. The quantitative estimate of drug-likeness (QED) is 0.160. The van der Waals surface area contributed by atoms with Crippen molar-refractivity contribution < 1.29 is 36.2 Å². The fourth-order valence-electron chi connectivity index (χ4n) is 5.55. The first kappa shape index (κ1) is 33.9. The molecule has 14 heteroatoms. The van der Waals surface area contributed by atoms with E-state index in [0.717, 1.165) is 36.3 Å². The van der Waals surface area contributed by atoms with Crippen LogP contribution in [-0.2, 0) is 19.0 Å². The molecule has 252 valence electrons. The van der Waals surface area contributed by atoms with E-state index < -0.39 is 52.0 Å². The number of anilines is 2. The lowest BCUT2D eigenvalue weighted by Crippen LogP contribution is -2.26. The van der Waals surface area contributed by atoms with E-state index in [1.807, 2.05) is 32.0 Å². The topological polar surface area (TPSA) is 116 Å². The second-order valence-corrected chi connectivity index (χ2v) is 11.0. The summed E-state index contributed by atoms with van der Waals surface area (Å²) in [7, 11) is 0. The van der Waals surface area contributed by atoms with Crippen LogP contribution >= 0.6 is 0 Å². The van der Waals surface area contributed by atoms with Gasteiger partial charge in [-0.15, -0.1) is 0 Å². The van der Waals surface area contributed by atoms with Crippen LogP contribution in [0.2, 0.25) is 0 Å². The van der Waals surface area contributed by atoms with Gasteiger partial charge in [0.25, 0.3) is 0 Å². The van der Waals surface area contributed by atoms with E-state index in [0.29, 0.717) is 39.1 Å². The predicted octanol–water partition coefficient (Wildman–Crippen LogP) is 6.63. The highest BCUT2D eigenvalue weighted by atomic mass is 19.4. The van der Waals surface area contributed by atoms with E-state index in [4.69, 9.17) is 19.9 Å². The van der Waals surface area contributed by atoms with Gasteiger partial charge in [0.05, 0.1) is 30.6 Å². The molecule has 0 saturated heterocycles. The zero-order valence-corrected chi connectivity index (χ0v) is 26.6. The molecule has 0 bridgehead atoms. The minimum atomic E-state index is -5.05. The number of aromatic nitrogens is 3. The number of nitrogens with two attached hydrogens (primary N) is 1. The van der Waals surface area contributed by atoms with Gasteiger partial charge in [0.2, 0.25) is 5.88 Å². The summed E-state index contributed by atoms with van der Waals surface area (Å²) in [5, 5.41) is 6.41. The van der Waals surface area contributed by atoms with Gasteiger partial charge in [-0.25, -0.2) is 13.8 Å². The molecule has 9 nitrogen and oxygen atoms in total. The lowest BCUT2D eigenvalue weighted by Gasteiger charge is -2.21. The summed E-state index contributed by atoms with van der Waals surface area (Å²) in [5.74, 6) is -1.63. The predicted molar refractivity (Wildman–Crippen MR) is 169 cm³/mol. The van der Waals surface area contributed by atoms with E-state index >= 15 is 4.39 Å². The number of nitrogens with zero attached hydrogens (tertiary/aromatic N) is 3. The number of hydrogen-bond acceptors (Lipinski definition) is 9. The summed E-state index contributed by atoms with van der Waals surface area (Å²) < 4.78 is 91.4. The van der Waals surface area contributed by atoms with Crippen LogP contribution in [0.4, 0.5) is 33.5 Å². The van der Waals surface area contributed by atoms with Crippen molar-refractivity contribution in [3.8, 4) is 28.9 Å². The molecule has 0 fully saturated rings. The molecule has 1 unspecified atom stereocenters. The standard InChI is InChI=1S/C31H31F5N6O3.C2H6/c1-15-5-8-38-9-10-39-28-22-27(41-30(42-28)44-11-6-17-3-4-21-18(13-17)7-12-43-21)25(33)26(40-29(22)45-15)19-14-20(37)24(32)16(2)23(19)31(34,35)36;1-2/h3-4,13-15,38H,5-12,37H2,1-2H3,(H,39,41,42);1-2H3. The second kappa shape index (κ2) is 14.1. The zero-order chi connectivity index (χ0) is 33.9. The molecule has 0 radical (unpaired) electrons. The summed E-state index contributed by atoms with van der Waals surface area (Å²) >= 11 is 0. The number of nitrogen functional groups attached to an aromatic ring is 1. The van der Waals surface area contributed by atoms with Crippen LogP contribution in [-0.4, -0.2) is 53.9 Å². The zero-order valence-electron chi connectivity index (χ0n) is 26.6. The normalized spacial score (nSPS) is 16.1. The number of rotatable bonds is 5. The second-order valence-electron chi connectivity index (χ2n) is 11.0. The first-order valence-corrected chi connectivity index (χ1v) is 15.6. The Kier molecular flexibility index (Phi) is 10.2. The average Bonchev–Trinajstić information content (AvgIpc) is 3.50. The van der Waals surface area contributed by atoms with Crippen molar-refractivity contribution in [3.05, 3.63) is 58.2 Å². The molecule has 0 saturated carbocycles. The van der Waals surface area contributed by atoms with Gasteiger partial charge in [0.1, 0.15) is 34.0 Å². The maximum Gasteiger partial charge on any atom is 0.417 e. The van der Waals surface area contributed by atoms with Crippen LogP contribution in [0.15, 0.2) is 24.3 Å². The van der Waals surface area contributed by atoms with Crippen molar-refractivity contribution in [1.82, 2.24) is 20.3 Å². The summed E-state index contributed by atoms with van der Waals surface area (Å²) in [6, 6.07) is 6.39. The van der Waals surface area contributed by atoms with Gasteiger partial charge < -0.3 is 30.6 Å². The molecule has 2 aliphatic rings. The van der Waals surface area contributed by atoms with Gasteiger partial charge >= 0.3 is 12.2 Å². The first-order chi connectivity index (χ1) is 22.5. The van der Waals surface area contributed by atoms with Crippen molar-refractivity contribution in [1.29, 1.82) is 0 Å². The van der Waals surface area contributed by atoms with Gasteiger partial charge in [-0.2, -0.15) is 23.1 Å². The van der Waals surface area contributed by atoms with Crippen LogP contribution in [0.3, 0.4) is 0 Å². The third-order valence-corrected chi connectivity index (χ3v) is 7.81. The molecule has 0 aliphatic carbocycles. The van der Waals surface area contributed by atoms with Crippen LogP contribution in [0.25, 0.3) is 22.2 Å². The smallest absolute Gasteiger partial charge is 0.417 e. The third kappa shape index (κ3) is 7.11. The van der Waals surface area contributed by atoms with E-state index in [2.05, 4.69) is 25.6 Å². The van der Waals surface area contributed by atoms with Crippen LogP contribution in [0.1, 0.15) is 49.4 Å². The molecule has 4 N–H and O–H groups in total. The first-order valence-electron chi connectivity index (χ1n) is 15.6. The summed E-state index contributed by atoms with van der Waals surface area (Å²) in [5.41, 5.74) is 3.21. The number of pyridine rings is 1. The van der Waals surface area contributed by atoms with Gasteiger partial charge in [-0.1, -0.05) is 26.0 Å². The maximum absolute atomic E-state index is 16.5. The van der Waals surface area contributed by atoms with E-state index in [9.17, 15) is 17.6 Å². The molecular formula is C33H37F5N6O3. The molecule has 4 heterocycles. The number of benzene rings is 2. The van der Waals surface area contributed by atoms with E-state index in [1.54, 1.807) is 6.92 Å². The third-order valence-electron chi connectivity index (χ3n) is 7.81. The van der Waals surface area contributed by atoms with Crippen LogP contribution in [0.5, 0.6) is 17.6 Å². The van der Waals surface area contributed by atoms with Crippen molar-refractivity contribution in [2.75, 3.05) is 43.9 Å². The maximum atomic E-state index is 16.5. The Morgan fingerprint density at radius 3 is 2.60 bits per heavy atom. The highest BCUT2D eigenvalue weighted by Gasteiger charge is 2.39. The minimum Gasteiger partial charge on any atom is -0.493 e. The Labute approximate surface area is 269 Å². The molecule has 2 aromatic carbocycles. The monoisotopic (exact) mass is 660 g/mol. The molecule has 47 heavy (non-hydrogen) atoms. The number of halogens is 5. The molecular weight excluding hydrogens is 623 g/mol. The number of nitrogens with one attached hydrogen (secondary N) is 2. The minimum absolute atomic E-state index is 0.0383. The molecule has 0 spiro atoms. The molecule has 2 aliphatic heterocycles. The number of alkyl halides is 3. The lowest BCUT2D eigenvalue weighted by molar-refractivity contribution is -0.137. The molecule has 0 amide bonds. The fraction of sp³-hybridized carbons (Fsp3) is 0.424. The van der Waals surface area contributed by atoms with Gasteiger partial charge in [-0.3, -0.25) is 0 Å². The Bertz CT molecular complexity index is 1770. The average molecular weight is 661 g/mol. The van der Waals surface area contributed by atoms with E-state index in [1.165, 1.54) is 0 Å². The summed E-state index contributed by atoms with van der Waals surface area (Å²) in [6.07, 6.45) is -3.69. The SMILES string of the molecule is CC.Cc1c(F)c(N)cc(-c2nc3c4c(nc(OCCc5ccc6c(c5)CCO6)nc4c2F)NCCNCCC(C)O3)c1C(F)(F)F. The van der Waals surface area contributed by atoms with E-state index in [-0.39, 0.29) is 35.2 Å². The number of hydrogen-bond donors (Lipinski definition) is 3. The molecule has 4 aromatic rings. The van der Waals surface area contributed by atoms with Gasteiger partial charge in [0.15, 0.2) is 5.82 Å². The van der Waals surface area contributed by atoms with Crippen molar-refractivity contribution >= 4 is 22.4 Å². The molecule has 6 rings (SSSR count). The summed E-state index contributed by atoms with van der Waals surface area (Å²) in [6.45, 7) is 8.97. The number of ether oxygens (including phenoxy) is 3. The Morgan fingerprint density at radius 2 is 1.83 bits per heavy atom. The molecule has 2 aromatic heterocycles. The highest BCUT2D eigenvalue weighted by molar-refractivity contribution is 5.96. The molecule has 1 atom stereocenters. The van der Waals surface area contributed by atoms with Crippen LogP contribution in [0, 0.1) is 18.6 Å². The Morgan fingerprint density at radius 1 is 1.04 bits per heavy atom. The van der Waals surface area contributed by atoms with Crippen molar-refractivity contribution in [2.24, 2.45) is 0 Å².